The molecule has 1 saturated heterocycles. The van der Waals surface area contributed by atoms with Crippen LogP contribution in [0.25, 0.3) is 0 Å². The fourth-order valence-electron chi connectivity index (χ4n) is 2.13. The molecule has 0 radical (unpaired) electrons. The number of carbonyl (C=O) groups excluding carboxylic acids is 1. The van der Waals surface area contributed by atoms with Gasteiger partial charge in [0.25, 0.3) is 0 Å². The van der Waals surface area contributed by atoms with Crippen LogP contribution in [0.4, 0.5) is 5.69 Å². The first kappa shape index (κ1) is 12.7. The summed E-state index contributed by atoms with van der Waals surface area (Å²) in [5.74, 6) is 0.775. The number of carbonyl (C=O) groups is 1. The van der Waals surface area contributed by atoms with E-state index in [2.05, 4.69) is 0 Å². The molecule has 1 unspecified atom stereocenters. The summed E-state index contributed by atoms with van der Waals surface area (Å²) in [6.07, 6.45) is 1.95. The highest BCUT2D eigenvalue weighted by atomic mass is 16.5. The molecule has 18 heavy (non-hydrogen) atoms. The fraction of sp³-hybridized carbons (Fsp3) is 0.462. The number of nitrogens with two attached hydrogens (primary N) is 2. The first-order chi connectivity index (χ1) is 8.69. The smallest absolute Gasteiger partial charge is 0.236 e. The van der Waals surface area contributed by atoms with Gasteiger partial charge in [-0.15, -0.1) is 0 Å². The number of benzene rings is 1. The van der Waals surface area contributed by atoms with E-state index in [9.17, 15) is 4.79 Å². The molecule has 1 aromatic carbocycles. The number of likely N-dealkylation sites (tertiary alicyclic amines) is 1. The van der Waals surface area contributed by atoms with Crippen LogP contribution in [-0.4, -0.2) is 36.5 Å². The van der Waals surface area contributed by atoms with E-state index in [1.807, 2.05) is 12.1 Å². The molecular formula is C13H19N3O2. The number of hydrogen-bond donors (Lipinski definition) is 2. The molecule has 1 aromatic rings. The summed E-state index contributed by atoms with van der Waals surface area (Å²) >= 11 is 0. The van der Waals surface area contributed by atoms with Gasteiger partial charge in [-0.2, -0.15) is 0 Å². The molecule has 1 heterocycles. The van der Waals surface area contributed by atoms with E-state index >= 15 is 0 Å². The first-order valence-electron chi connectivity index (χ1n) is 6.19. The maximum absolute atomic E-state index is 11.5. The number of nitrogen functional groups attached to an aromatic ring is 1. The van der Waals surface area contributed by atoms with Crippen LogP contribution in [-0.2, 0) is 4.79 Å². The number of amides is 1. The van der Waals surface area contributed by atoms with Crippen molar-refractivity contribution in [2.45, 2.75) is 18.9 Å². The molecule has 1 aliphatic rings. The Morgan fingerprint density at radius 1 is 1.39 bits per heavy atom. The highest BCUT2D eigenvalue weighted by Crippen LogP contribution is 2.19. The lowest BCUT2D eigenvalue weighted by Crippen LogP contribution is -2.46. The average molecular weight is 249 g/mol. The molecule has 2 rings (SSSR count). The van der Waals surface area contributed by atoms with Crippen molar-refractivity contribution in [3.63, 3.8) is 0 Å². The predicted molar refractivity (Wildman–Crippen MR) is 70.1 cm³/mol. The Morgan fingerprint density at radius 3 is 2.78 bits per heavy atom. The molecular weight excluding hydrogens is 230 g/mol. The zero-order chi connectivity index (χ0) is 13.0. The molecule has 0 spiro atoms. The summed E-state index contributed by atoms with van der Waals surface area (Å²) in [6.45, 7) is 1.45. The van der Waals surface area contributed by atoms with Crippen molar-refractivity contribution in [3.05, 3.63) is 24.3 Å². The largest absolute Gasteiger partial charge is 0.489 e. The SMILES string of the molecule is NCC(=O)N1CCCC(Oc2ccc(N)cc2)C1. The minimum atomic E-state index is -0.0133. The molecule has 1 atom stereocenters. The lowest BCUT2D eigenvalue weighted by Gasteiger charge is -2.32. The van der Waals surface area contributed by atoms with Crippen LogP contribution in [0.15, 0.2) is 24.3 Å². The summed E-state index contributed by atoms with van der Waals surface area (Å²) in [7, 11) is 0. The van der Waals surface area contributed by atoms with E-state index in [0.29, 0.717) is 12.2 Å². The van der Waals surface area contributed by atoms with Crippen molar-refractivity contribution in [1.29, 1.82) is 0 Å². The van der Waals surface area contributed by atoms with E-state index in [1.165, 1.54) is 0 Å². The molecule has 5 heteroatoms. The van der Waals surface area contributed by atoms with Crippen molar-refractivity contribution < 1.29 is 9.53 Å². The molecule has 0 bridgehead atoms. The van der Waals surface area contributed by atoms with Gasteiger partial charge in [-0.05, 0) is 37.1 Å². The van der Waals surface area contributed by atoms with Crippen LogP contribution < -0.4 is 16.2 Å². The van der Waals surface area contributed by atoms with Gasteiger partial charge in [0, 0.05) is 12.2 Å². The zero-order valence-corrected chi connectivity index (χ0v) is 10.3. The summed E-state index contributed by atoms with van der Waals surface area (Å²) in [5.41, 5.74) is 11.7. The Labute approximate surface area is 107 Å². The minimum Gasteiger partial charge on any atom is -0.489 e. The highest BCUT2D eigenvalue weighted by Gasteiger charge is 2.23. The molecule has 1 aliphatic heterocycles. The molecule has 1 amide bonds. The molecule has 0 aromatic heterocycles. The molecule has 0 aliphatic carbocycles. The van der Waals surface area contributed by atoms with Crippen molar-refractivity contribution in [3.8, 4) is 5.75 Å². The number of piperidine rings is 1. The third-order valence-corrected chi connectivity index (χ3v) is 3.09. The third-order valence-electron chi connectivity index (χ3n) is 3.09. The van der Waals surface area contributed by atoms with Crippen molar-refractivity contribution >= 4 is 11.6 Å². The summed E-state index contributed by atoms with van der Waals surface area (Å²) in [4.78, 5) is 13.3. The van der Waals surface area contributed by atoms with Gasteiger partial charge in [0.15, 0.2) is 0 Å². The second-order valence-corrected chi connectivity index (χ2v) is 4.50. The predicted octanol–water partition coefficient (Wildman–Crippen LogP) is 0.597. The Hall–Kier alpha value is -1.75. The topological polar surface area (TPSA) is 81.6 Å². The Balaban J connectivity index is 1.93. The first-order valence-corrected chi connectivity index (χ1v) is 6.19. The summed E-state index contributed by atoms with van der Waals surface area (Å²) < 4.78 is 5.84. The standard InChI is InChI=1S/C13H19N3O2/c14-8-13(17)16-7-1-2-12(9-16)18-11-5-3-10(15)4-6-11/h3-6,12H,1-2,7-9,14-15H2. The van der Waals surface area contributed by atoms with Gasteiger partial charge in [-0.3, -0.25) is 4.79 Å². The van der Waals surface area contributed by atoms with Gasteiger partial charge in [-0.25, -0.2) is 0 Å². The number of nitrogens with zero attached hydrogens (tertiary/aromatic N) is 1. The van der Waals surface area contributed by atoms with E-state index in [1.54, 1.807) is 17.0 Å². The number of hydrogen-bond acceptors (Lipinski definition) is 4. The molecule has 4 N–H and O–H groups in total. The maximum Gasteiger partial charge on any atom is 0.236 e. The number of rotatable bonds is 3. The monoisotopic (exact) mass is 249 g/mol. The van der Waals surface area contributed by atoms with E-state index < -0.39 is 0 Å². The average Bonchev–Trinajstić information content (AvgIpc) is 2.41. The molecule has 0 saturated carbocycles. The Bertz CT molecular complexity index is 405. The third kappa shape index (κ3) is 3.13. The fourth-order valence-corrected chi connectivity index (χ4v) is 2.13. The zero-order valence-electron chi connectivity index (χ0n) is 10.3. The van der Waals surface area contributed by atoms with E-state index in [0.717, 1.165) is 25.1 Å². The van der Waals surface area contributed by atoms with Crippen LogP contribution in [0.3, 0.4) is 0 Å². The summed E-state index contributed by atoms with van der Waals surface area (Å²) in [6, 6.07) is 7.31. The van der Waals surface area contributed by atoms with Crippen LogP contribution in [0.2, 0.25) is 0 Å². The van der Waals surface area contributed by atoms with Crippen LogP contribution in [0.1, 0.15) is 12.8 Å². The number of ether oxygens (including phenoxy) is 1. The Kier molecular flexibility index (Phi) is 4.04. The molecule has 5 nitrogen and oxygen atoms in total. The second-order valence-electron chi connectivity index (χ2n) is 4.50. The highest BCUT2D eigenvalue weighted by molar-refractivity contribution is 5.78. The maximum atomic E-state index is 11.5. The normalized spacial score (nSPS) is 19.6. The quantitative estimate of drug-likeness (QED) is 0.768. The van der Waals surface area contributed by atoms with Gasteiger partial charge < -0.3 is 21.1 Å². The van der Waals surface area contributed by atoms with Crippen LogP contribution in [0.5, 0.6) is 5.75 Å². The van der Waals surface area contributed by atoms with Crippen LogP contribution in [0, 0.1) is 0 Å². The summed E-state index contributed by atoms with van der Waals surface area (Å²) in [5, 5.41) is 0. The van der Waals surface area contributed by atoms with E-state index in [4.69, 9.17) is 16.2 Å². The van der Waals surface area contributed by atoms with Gasteiger partial charge >= 0.3 is 0 Å². The van der Waals surface area contributed by atoms with Crippen molar-refractivity contribution in [1.82, 2.24) is 4.90 Å². The van der Waals surface area contributed by atoms with Crippen LogP contribution >= 0.6 is 0 Å². The van der Waals surface area contributed by atoms with Crippen molar-refractivity contribution in [2.75, 3.05) is 25.4 Å². The van der Waals surface area contributed by atoms with E-state index in [-0.39, 0.29) is 18.6 Å². The second kappa shape index (κ2) is 5.73. The van der Waals surface area contributed by atoms with Gasteiger partial charge in [0.2, 0.25) is 5.91 Å². The Morgan fingerprint density at radius 2 is 2.11 bits per heavy atom. The lowest BCUT2D eigenvalue weighted by molar-refractivity contribution is -0.132. The number of anilines is 1. The minimum absolute atomic E-state index is 0.0133. The van der Waals surface area contributed by atoms with Gasteiger partial charge in [-0.1, -0.05) is 0 Å². The van der Waals surface area contributed by atoms with Gasteiger partial charge in [0.05, 0.1) is 13.1 Å². The lowest BCUT2D eigenvalue weighted by atomic mass is 10.1. The molecule has 98 valence electrons. The molecule has 1 fully saturated rings. The van der Waals surface area contributed by atoms with Crippen molar-refractivity contribution in [2.24, 2.45) is 5.73 Å². The van der Waals surface area contributed by atoms with Gasteiger partial charge in [0.1, 0.15) is 11.9 Å².